The van der Waals surface area contributed by atoms with E-state index in [0.29, 0.717) is 10.8 Å². The average Bonchev–Trinajstić information content (AvgIpc) is 2.92. The summed E-state index contributed by atoms with van der Waals surface area (Å²) in [6.07, 6.45) is 13.6. The first kappa shape index (κ1) is 17.4. The highest BCUT2D eigenvalue weighted by Crippen LogP contribution is 2.68. The minimum atomic E-state index is -0.00486. The minimum absolute atomic E-state index is 0.00486. The Morgan fingerprint density at radius 3 is 2.38 bits per heavy atom. The first-order valence-corrected chi connectivity index (χ1v) is 11.1. The number of hydrogen-bond acceptors (Lipinski definition) is 1. The zero-order valence-electron chi connectivity index (χ0n) is 16.6. The number of fused-ring (bicyclic) bond motifs is 5. The molecule has 1 heteroatoms. The summed E-state index contributed by atoms with van der Waals surface area (Å²) >= 11 is 0. The zero-order valence-corrected chi connectivity index (χ0v) is 16.6. The highest BCUT2D eigenvalue weighted by molar-refractivity contribution is 5.09. The number of aliphatic hydroxyl groups excluding tert-OH is 1. The Morgan fingerprint density at radius 1 is 0.917 bits per heavy atom. The molecule has 1 nitrogen and oxygen atoms in total. The van der Waals surface area contributed by atoms with E-state index < -0.39 is 0 Å². The van der Waals surface area contributed by atoms with Gasteiger partial charge >= 0.3 is 0 Å². The topological polar surface area (TPSA) is 20.2 Å². The Hall–Kier alpha value is -0.0400. The van der Waals surface area contributed by atoms with Crippen LogP contribution in [0.4, 0.5) is 0 Å². The Morgan fingerprint density at radius 2 is 1.62 bits per heavy atom. The van der Waals surface area contributed by atoms with E-state index in [1.165, 1.54) is 51.4 Å². The first-order valence-electron chi connectivity index (χ1n) is 11.1. The number of hydrogen-bond donors (Lipinski definition) is 1. The van der Waals surface area contributed by atoms with Gasteiger partial charge in [-0.25, -0.2) is 0 Å². The van der Waals surface area contributed by atoms with Gasteiger partial charge in [0.25, 0.3) is 0 Å². The summed E-state index contributed by atoms with van der Waals surface area (Å²) in [5.41, 5.74) is 1.17. The third kappa shape index (κ3) is 2.36. The molecule has 0 heterocycles. The van der Waals surface area contributed by atoms with Crippen LogP contribution in [0.1, 0.15) is 91.9 Å². The van der Waals surface area contributed by atoms with Crippen LogP contribution in [0.15, 0.2) is 0 Å². The molecule has 0 amide bonds. The second-order valence-electron chi connectivity index (χ2n) is 10.7. The van der Waals surface area contributed by atoms with Crippen LogP contribution in [0.25, 0.3) is 0 Å². The lowest BCUT2D eigenvalue weighted by Crippen LogP contribution is -2.54. The smallest absolute Gasteiger partial charge is 0.0543 e. The van der Waals surface area contributed by atoms with Gasteiger partial charge in [0.2, 0.25) is 0 Å². The standard InChI is InChI=1S/C23H40O/c1-5-15(2)19-8-9-20-18-7-6-16-14-17(24)10-12-22(16,3)21(18)11-13-23(19,20)4/h15-21,24H,5-14H2,1-4H3/t15?,16?,17?,18?,19?,20?,21?,22-,23?/m0/s1. The van der Waals surface area contributed by atoms with Gasteiger partial charge in [0.05, 0.1) is 6.10 Å². The van der Waals surface area contributed by atoms with Crippen molar-refractivity contribution in [1.29, 1.82) is 0 Å². The Balaban J connectivity index is 1.59. The summed E-state index contributed by atoms with van der Waals surface area (Å²) in [5.74, 6) is 5.64. The molecule has 138 valence electrons. The lowest BCUT2D eigenvalue weighted by Gasteiger charge is -2.61. The molecule has 0 aromatic rings. The van der Waals surface area contributed by atoms with Crippen molar-refractivity contribution < 1.29 is 5.11 Å². The van der Waals surface area contributed by atoms with Crippen molar-refractivity contribution in [1.82, 2.24) is 0 Å². The summed E-state index contributed by atoms with van der Waals surface area (Å²) in [6.45, 7) is 10.2. The molecule has 24 heavy (non-hydrogen) atoms. The Labute approximate surface area is 150 Å². The van der Waals surface area contributed by atoms with Crippen LogP contribution in [0, 0.1) is 46.3 Å². The van der Waals surface area contributed by atoms with Crippen molar-refractivity contribution in [3.05, 3.63) is 0 Å². The van der Waals surface area contributed by atoms with Gasteiger partial charge in [0.1, 0.15) is 0 Å². The molecule has 9 atom stereocenters. The second-order valence-corrected chi connectivity index (χ2v) is 10.7. The SMILES string of the molecule is CCC(C)C1CCC2C3CCC4CC(O)CC[C@]4(C)C3CCC12C. The lowest BCUT2D eigenvalue weighted by molar-refractivity contribution is -0.129. The van der Waals surface area contributed by atoms with Gasteiger partial charge in [-0.05, 0) is 104 Å². The molecular formula is C23H40O. The molecule has 4 rings (SSSR count). The fourth-order valence-electron chi connectivity index (χ4n) is 8.50. The summed E-state index contributed by atoms with van der Waals surface area (Å²) in [4.78, 5) is 0. The van der Waals surface area contributed by atoms with Gasteiger partial charge in [-0.2, -0.15) is 0 Å². The summed E-state index contributed by atoms with van der Waals surface area (Å²) in [7, 11) is 0. The zero-order chi connectivity index (χ0) is 17.1. The molecular weight excluding hydrogens is 292 g/mol. The average molecular weight is 333 g/mol. The molecule has 0 aromatic heterocycles. The second kappa shape index (κ2) is 6.00. The van der Waals surface area contributed by atoms with Gasteiger partial charge in [-0.3, -0.25) is 0 Å². The van der Waals surface area contributed by atoms with Crippen LogP contribution in [0.3, 0.4) is 0 Å². The fourth-order valence-corrected chi connectivity index (χ4v) is 8.50. The number of aliphatic hydroxyl groups is 1. The summed E-state index contributed by atoms with van der Waals surface area (Å²) in [5, 5.41) is 10.2. The van der Waals surface area contributed by atoms with Gasteiger partial charge in [-0.1, -0.05) is 34.1 Å². The molecule has 8 unspecified atom stereocenters. The van der Waals surface area contributed by atoms with Gasteiger partial charge < -0.3 is 5.11 Å². The van der Waals surface area contributed by atoms with E-state index in [1.54, 1.807) is 0 Å². The quantitative estimate of drug-likeness (QED) is 0.652. The molecule has 0 spiro atoms. The lowest BCUT2D eigenvalue weighted by atomic mass is 9.44. The first-order chi connectivity index (χ1) is 11.4. The van der Waals surface area contributed by atoms with Crippen molar-refractivity contribution >= 4 is 0 Å². The Bertz CT molecular complexity index is 473. The summed E-state index contributed by atoms with van der Waals surface area (Å²) in [6, 6.07) is 0. The van der Waals surface area contributed by atoms with E-state index in [9.17, 15) is 5.11 Å². The molecule has 0 aromatic carbocycles. The van der Waals surface area contributed by atoms with E-state index in [4.69, 9.17) is 0 Å². The van der Waals surface area contributed by atoms with Crippen LogP contribution in [-0.2, 0) is 0 Å². The predicted octanol–water partition coefficient (Wildman–Crippen LogP) is 6.05. The van der Waals surface area contributed by atoms with E-state index in [-0.39, 0.29) is 6.10 Å². The third-order valence-electron chi connectivity index (χ3n) is 10.0. The maximum atomic E-state index is 10.2. The van der Waals surface area contributed by atoms with Crippen LogP contribution >= 0.6 is 0 Å². The number of rotatable bonds is 2. The maximum absolute atomic E-state index is 10.2. The van der Waals surface area contributed by atoms with Crippen molar-refractivity contribution in [2.45, 2.75) is 98.0 Å². The minimum Gasteiger partial charge on any atom is -0.393 e. The Kier molecular flexibility index (Phi) is 4.34. The maximum Gasteiger partial charge on any atom is 0.0543 e. The van der Waals surface area contributed by atoms with Crippen LogP contribution in [0.5, 0.6) is 0 Å². The van der Waals surface area contributed by atoms with Crippen molar-refractivity contribution in [3.8, 4) is 0 Å². The molecule has 4 saturated carbocycles. The molecule has 4 aliphatic carbocycles. The van der Waals surface area contributed by atoms with Gasteiger partial charge in [-0.15, -0.1) is 0 Å². The highest BCUT2D eigenvalue weighted by atomic mass is 16.3. The van der Waals surface area contributed by atoms with Crippen LogP contribution in [0.2, 0.25) is 0 Å². The van der Waals surface area contributed by atoms with Crippen LogP contribution < -0.4 is 0 Å². The molecule has 0 bridgehead atoms. The third-order valence-corrected chi connectivity index (χ3v) is 10.0. The highest BCUT2D eigenvalue weighted by Gasteiger charge is 2.60. The van der Waals surface area contributed by atoms with Crippen molar-refractivity contribution in [3.63, 3.8) is 0 Å². The molecule has 0 radical (unpaired) electrons. The predicted molar refractivity (Wildman–Crippen MR) is 101 cm³/mol. The molecule has 4 aliphatic rings. The monoisotopic (exact) mass is 332 g/mol. The van der Waals surface area contributed by atoms with E-state index >= 15 is 0 Å². The fraction of sp³-hybridized carbons (Fsp3) is 1.00. The molecule has 0 saturated heterocycles. The summed E-state index contributed by atoms with van der Waals surface area (Å²) < 4.78 is 0. The van der Waals surface area contributed by atoms with Gasteiger partial charge in [0, 0.05) is 0 Å². The molecule has 0 aliphatic heterocycles. The normalized spacial score (nSPS) is 55.4. The van der Waals surface area contributed by atoms with Crippen LogP contribution in [-0.4, -0.2) is 11.2 Å². The molecule has 4 fully saturated rings. The van der Waals surface area contributed by atoms with E-state index in [2.05, 4.69) is 27.7 Å². The van der Waals surface area contributed by atoms with Crippen molar-refractivity contribution in [2.24, 2.45) is 46.3 Å². The van der Waals surface area contributed by atoms with Crippen molar-refractivity contribution in [2.75, 3.05) is 0 Å². The molecule has 1 N–H and O–H groups in total. The van der Waals surface area contributed by atoms with E-state index in [0.717, 1.165) is 48.3 Å². The largest absolute Gasteiger partial charge is 0.393 e. The van der Waals surface area contributed by atoms with Gasteiger partial charge in [0.15, 0.2) is 0 Å². The van der Waals surface area contributed by atoms with E-state index in [1.807, 2.05) is 0 Å².